The van der Waals surface area contributed by atoms with Crippen LogP contribution in [0.2, 0.25) is 5.15 Å². The van der Waals surface area contributed by atoms with Crippen molar-refractivity contribution in [1.29, 1.82) is 0 Å². The molecule has 3 aromatic rings. The van der Waals surface area contributed by atoms with E-state index < -0.39 is 23.8 Å². The molecule has 2 N–H and O–H groups in total. The Hall–Kier alpha value is -3.42. The predicted molar refractivity (Wildman–Crippen MR) is 142 cm³/mol. The van der Waals surface area contributed by atoms with Crippen LogP contribution in [0, 0.1) is 0 Å². The number of nitrogens with zero attached hydrogens (tertiary/aromatic N) is 2. The predicted octanol–water partition coefficient (Wildman–Crippen LogP) is 5.93. The summed E-state index contributed by atoms with van der Waals surface area (Å²) in [4.78, 5) is 30.1. The number of pyridine rings is 1. The SMILES string of the molecule is CC(C)(C)OC(=O)N(C[C@H](O)c1ccc(Cl)nc1)[C@H]1CCc2ccc(-c3ccc(C(=O)O)cc3)cc2C1. The van der Waals surface area contributed by atoms with E-state index in [0.717, 1.165) is 29.5 Å². The number of hydrogen-bond donors (Lipinski definition) is 2. The zero-order chi connectivity index (χ0) is 26.7. The van der Waals surface area contributed by atoms with Gasteiger partial charge in [0.15, 0.2) is 0 Å². The molecule has 2 aromatic carbocycles. The van der Waals surface area contributed by atoms with Gasteiger partial charge >= 0.3 is 12.1 Å². The first kappa shape index (κ1) is 26.6. The van der Waals surface area contributed by atoms with Crippen molar-refractivity contribution in [3.63, 3.8) is 0 Å². The molecule has 8 heteroatoms. The third-order valence-electron chi connectivity index (χ3n) is 6.45. The molecule has 2 atom stereocenters. The van der Waals surface area contributed by atoms with E-state index in [2.05, 4.69) is 17.1 Å². The molecule has 0 bridgehead atoms. The lowest BCUT2D eigenvalue weighted by Gasteiger charge is -2.37. The van der Waals surface area contributed by atoms with Gasteiger partial charge in [0.1, 0.15) is 10.8 Å². The summed E-state index contributed by atoms with van der Waals surface area (Å²) in [6.45, 7) is 5.52. The molecule has 1 aromatic heterocycles. The average Bonchev–Trinajstić information content (AvgIpc) is 2.86. The van der Waals surface area contributed by atoms with Gasteiger partial charge in [-0.3, -0.25) is 0 Å². The molecular weight excluding hydrogens is 492 g/mol. The van der Waals surface area contributed by atoms with Crippen molar-refractivity contribution in [1.82, 2.24) is 9.88 Å². The molecule has 0 fully saturated rings. The number of aliphatic hydroxyl groups excluding tert-OH is 1. The minimum atomic E-state index is -0.960. The third-order valence-corrected chi connectivity index (χ3v) is 6.67. The summed E-state index contributed by atoms with van der Waals surface area (Å²) in [6.07, 6.45) is 2.24. The standard InChI is InChI=1S/C29H31ClN2O5/c1-29(2,3)37-28(36)32(17-25(33)22-11-13-26(30)31-16-22)24-12-10-19-6-9-21(14-23(19)15-24)18-4-7-20(8-5-18)27(34)35/h4-9,11,13-14,16,24-25,33H,10,12,15,17H2,1-3H3,(H,34,35)/t24-,25-/m0/s1. The lowest BCUT2D eigenvalue weighted by molar-refractivity contribution is 0.00191. The van der Waals surface area contributed by atoms with E-state index in [1.807, 2.05) is 26.8 Å². The van der Waals surface area contributed by atoms with Crippen LogP contribution in [0.3, 0.4) is 0 Å². The Kier molecular flexibility index (Phi) is 7.85. The summed E-state index contributed by atoms with van der Waals surface area (Å²) in [5.74, 6) is -0.960. The van der Waals surface area contributed by atoms with Crippen LogP contribution >= 0.6 is 11.6 Å². The van der Waals surface area contributed by atoms with Gasteiger partial charge in [-0.15, -0.1) is 0 Å². The Balaban J connectivity index is 1.58. The monoisotopic (exact) mass is 522 g/mol. The van der Waals surface area contributed by atoms with Crippen molar-refractivity contribution in [2.24, 2.45) is 0 Å². The fraction of sp³-hybridized carbons (Fsp3) is 0.345. The van der Waals surface area contributed by atoms with Gasteiger partial charge < -0.3 is 19.8 Å². The Morgan fingerprint density at radius 3 is 2.41 bits per heavy atom. The molecule has 4 rings (SSSR count). The third kappa shape index (κ3) is 6.67. The molecule has 0 saturated heterocycles. The van der Waals surface area contributed by atoms with Crippen LogP contribution in [0.5, 0.6) is 0 Å². The lowest BCUT2D eigenvalue weighted by Crippen LogP contribution is -2.47. The van der Waals surface area contributed by atoms with Crippen molar-refractivity contribution in [2.45, 2.75) is 57.8 Å². The number of ether oxygens (including phenoxy) is 1. The van der Waals surface area contributed by atoms with Crippen molar-refractivity contribution >= 4 is 23.7 Å². The lowest BCUT2D eigenvalue weighted by atomic mass is 9.85. The van der Waals surface area contributed by atoms with Gasteiger partial charge in [0.25, 0.3) is 0 Å². The summed E-state index contributed by atoms with van der Waals surface area (Å²) in [7, 11) is 0. The molecule has 0 aliphatic heterocycles. The first-order valence-electron chi connectivity index (χ1n) is 12.2. The topological polar surface area (TPSA) is 100.0 Å². The number of carboxylic acid groups (broad SMARTS) is 1. The Bertz CT molecular complexity index is 1270. The largest absolute Gasteiger partial charge is 0.478 e. The second-order valence-corrected chi connectivity index (χ2v) is 10.7. The summed E-state index contributed by atoms with van der Waals surface area (Å²) >= 11 is 5.89. The number of halogens is 1. The highest BCUT2D eigenvalue weighted by atomic mass is 35.5. The number of aryl methyl sites for hydroxylation is 1. The molecule has 0 saturated carbocycles. The Morgan fingerprint density at radius 2 is 1.78 bits per heavy atom. The van der Waals surface area contributed by atoms with Crippen molar-refractivity contribution in [3.05, 3.63) is 88.2 Å². The normalized spacial score (nSPS) is 16.0. The zero-order valence-electron chi connectivity index (χ0n) is 21.1. The number of carbonyl (C=O) groups is 2. The van der Waals surface area contributed by atoms with Gasteiger partial charge in [-0.2, -0.15) is 0 Å². The molecule has 7 nitrogen and oxygen atoms in total. The molecule has 0 radical (unpaired) electrons. The van der Waals surface area contributed by atoms with Gasteiger partial charge in [-0.1, -0.05) is 48.0 Å². The number of aromatic nitrogens is 1. The summed E-state index contributed by atoms with van der Waals surface area (Å²) in [5.41, 5.74) is 4.37. The minimum absolute atomic E-state index is 0.0641. The Labute approximate surface area is 221 Å². The second kappa shape index (κ2) is 10.9. The van der Waals surface area contributed by atoms with Gasteiger partial charge in [-0.05, 0) is 80.5 Å². The minimum Gasteiger partial charge on any atom is -0.478 e. The molecule has 0 spiro atoms. The van der Waals surface area contributed by atoms with Crippen LogP contribution in [-0.4, -0.2) is 50.3 Å². The zero-order valence-corrected chi connectivity index (χ0v) is 21.9. The quantitative estimate of drug-likeness (QED) is 0.389. The number of carbonyl (C=O) groups excluding carboxylic acids is 1. The number of carboxylic acids is 1. The van der Waals surface area contributed by atoms with Crippen LogP contribution in [0.1, 0.15) is 60.3 Å². The molecule has 37 heavy (non-hydrogen) atoms. The molecular formula is C29H31ClN2O5. The van der Waals surface area contributed by atoms with E-state index >= 15 is 0 Å². The Morgan fingerprint density at radius 1 is 1.08 bits per heavy atom. The number of hydrogen-bond acceptors (Lipinski definition) is 5. The number of benzene rings is 2. The van der Waals surface area contributed by atoms with E-state index in [4.69, 9.17) is 16.3 Å². The maximum atomic E-state index is 13.3. The fourth-order valence-electron chi connectivity index (χ4n) is 4.56. The highest BCUT2D eigenvalue weighted by Gasteiger charge is 2.33. The van der Waals surface area contributed by atoms with Crippen molar-refractivity contribution < 1.29 is 24.5 Å². The molecule has 0 unspecified atom stereocenters. The average molecular weight is 523 g/mol. The molecule has 194 valence electrons. The number of amides is 1. The van der Waals surface area contributed by atoms with Gasteiger partial charge in [0.2, 0.25) is 0 Å². The summed E-state index contributed by atoms with van der Waals surface area (Å²) < 4.78 is 5.71. The maximum absolute atomic E-state index is 13.3. The first-order valence-corrected chi connectivity index (χ1v) is 12.6. The summed E-state index contributed by atoms with van der Waals surface area (Å²) in [5, 5.41) is 20.4. The van der Waals surface area contributed by atoms with Gasteiger partial charge in [-0.25, -0.2) is 14.6 Å². The van der Waals surface area contributed by atoms with E-state index in [1.54, 1.807) is 41.3 Å². The maximum Gasteiger partial charge on any atom is 0.410 e. The van der Waals surface area contributed by atoms with Crippen molar-refractivity contribution in [3.8, 4) is 11.1 Å². The van der Waals surface area contributed by atoms with E-state index in [0.29, 0.717) is 17.1 Å². The molecule has 1 aliphatic carbocycles. The molecule has 1 amide bonds. The fourth-order valence-corrected chi connectivity index (χ4v) is 4.67. The van der Waals surface area contributed by atoms with E-state index in [9.17, 15) is 19.8 Å². The highest BCUT2D eigenvalue weighted by molar-refractivity contribution is 6.29. The number of aliphatic hydroxyl groups is 1. The second-order valence-electron chi connectivity index (χ2n) is 10.3. The highest BCUT2D eigenvalue weighted by Crippen LogP contribution is 2.31. The van der Waals surface area contributed by atoms with Crippen LogP contribution in [0.15, 0.2) is 60.8 Å². The van der Waals surface area contributed by atoms with Crippen LogP contribution in [0.4, 0.5) is 4.79 Å². The number of fused-ring (bicyclic) bond motifs is 1. The van der Waals surface area contributed by atoms with Crippen LogP contribution in [0.25, 0.3) is 11.1 Å². The smallest absolute Gasteiger partial charge is 0.410 e. The molecule has 1 heterocycles. The van der Waals surface area contributed by atoms with Gasteiger partial charge in [0, 0.05) is 17.8 Å². The van der Waals surface area contributed by atoms with Crippen LogP contribution in [-0.2, 0) is 17.6 Å². The van der Waals surface area contributed by atoms with E-state index in [-0.39, 0.29) is 18.2 Å². The first-order chi connectivity index (χ1) is 17.5. The number of rotatable bonds is 6. The van der Waals surface area contributed by atoms with Gasteiger partial charge in [0.05, 0.1) is 18.2 Å². The van der Waals surface area contributed by atoms with E-state index in [1.165, 1.54) is 11.8 Å². The molecule has 1 aliphatic rings. The van der Waals surface area contributed by atoms with Crippen LogP contribution < -0.4 is 0 Å². The summed E-state index contributed by atoms with van der Waals surface area (Å²) in [6, 6.07) is 16.2. The van der Waals surface area contributed by atoms with Crippen molar-refractivity contribution in [2.75, 3.05) is 6.54 Å². The number of aromatic carboxylic acids is 1.